The number of aromatic carboxylic acids is 1. The molecule has 0 spiro atoms. The van der Waals surface area contributed by atoms with Crippen LogP contribution in [0.4, 0.5) is 5.82 Å². The van der Waals surface area contributed by atoms with Gasteiger partial charge in [-0.1, -0.05) is 6.07 Å². The van der Waals surface area contributed by atoms with Gasteiger partial charge in [0.1, 0.15) is 11.9 Å². The Kier molecular flexibility index (Phi) is 4.24. The molecule has 2 atom stereocenters. The molecule has 0 radical (unpaired) electrons. The molecule has 0 amide bonds. The lowest BCUT2D eigenvalue weighted by Gasteiger charge is -2.30. The molecule has 3 rings (SSSR count). The molecule has 1 aliphatic rings. The molecule has 0 unspecified atom stereocenters. The normalized spacial score (nSPS) is 21.3. The van der Waals surface area contributed by atoms with Gasteiger partial charge in [0.2, 0.25) is 0 Å². The zero-order valence-electron chi connectivity index (χ0n) is 11.8. The van der Waals surface area contributed by atoms with Crippen LogP contribution in [-0.2, 0) is 4.74 Å². The molecular weight excluding hydrogens is 284 g/mol. The van der Waals surface area contributed by atoms with Crippen LogP contribution in [0, 0.1) is 0 Å². The lowest BCUT2D eigenvalue weighted by Crippen LogP contribution is -2.30. The van der Waals surface area contributed by atoms with E-state index in [0.29, 0.717) is 12.4 Å². The van der Waals surface area contributed by atoms with Crippen molar-refractivity contribution in [2.75, 3.05) is 11.9 Å². The highest BCUT2D eigenvalue weighted by molar-refractivity contribution is 5.84. The number of carboxylic acid groups (broad SMARTS) is 1. The maximum Gasteiger partial charge on any atom is 0.356 e. The van der Waals surface area contributed by atoms with E-state index in [-0.39, 0.29) is 17.8 Å². The third-order valence-electron chi connectivity index (χ3n) is 3.52. The summed E-state index contributed by atoms with van der Waals surface area (Å²) in [5.74, 6) is -0.517. The molecule has 1 fully saturated rings. The van der Waals surface area contributed by atoms with Gasteiger partial charge in [0.25, 0.3) is 0 Å². The molecule has 3 heterocycles. The monoisotopic (exact) mass is 300 g/mol. The first-order valence-electron chi connectivity index (χ1n) is 7.07. The van der Waals surface area contributed by atoms with Gasteiger partial charge in [0, 0.05) is 18.8 Å². The Morgan fingerprint density at radius 2 is 2.18 bits per heavy atom. The molecule has 1 saturated heterocycles. The minimum atomic E-state index is -1.08. The third-order valence-corrected chi connectivity index (χ3v) is 3.52. The fraction of sp³-hybridized carbons (Fsp3) is 0.333. The van der Waals surface area contributed by atoms with Crippen LogP contribution < -0.4 is 5.32 Å². The number of pyridine rings is 1. The van der Waals surface area contributed by atoms with E-state index in [1.165, 1.54) is 12.4 Å². The highest BCUT2D eigenvalue weighted by Crippen LogP contribution is 2.28. The fourth-order valence-corrected chi connectivity index (χ4v) is 2.42. The van der Waals surface area contributed by atoms with Crippen molar-refractivity contribution in [3.05, 3.63) is 48.2 Å². The fourth-order valence-electron chi connectivity index (χ4n) is 2.42. The number of anilines is 1. The molecule has 0 aromatic carbocycles. The Morgan fingerprint density at radius 1 is 1.27 bits per heavy atom. The van der Waals surface area contributed by atoms with Gasteiger partial charge in [-0.25, -0.2) is 14.8 Å². The highest BCUT2D eigenvalue weighted by Gasteiger charge is 2.25. The number of ether oxygens (including phenoxy) is 1. The minimum Gasteiger partial charge on any atom is -0.476 e. The largest absolute Gasteiger partial charge is 0.476 e. The molecule has 1 aliphatic heterocycles. The van der Waals surface area contributed by atoms with Crippen LogP contribution in [0.1, 0.15) is 35.1 Å². The van der Waals surface area contributed by atoms with Crippen molar-refractivity contribution in [2.45, 2.75) is 25.0 Å². The van der Waals surface area contributed by atoms with Crippen LogP contribution in [0.2, 0.25) is 0 Å². The van der Waals surface area contributed by atoms with Gasteiger partial charge in [-0.3, -0.25) is 4.98 Å². The zero-order chi connectivity index (χ0) is 15.4. The van der Waals surface area contributed by atoms with Crippen molar-refractivity contribution < 1.29 is 14.6 Å². The molecule has 2 aromatic rings. The average Bonchev–Trinajstić information content (AvgIpc) is 2.56. The molecule has 22 heavy (non-hydrogen) atoms. The Balaban J connectivity index is 1.64. The summed E-state index contributed by atoms with van der Waals surface area (Å²) in [4.78, 5) is 23.0. The molecule has 0 bridgehead atoms. The maximum absolute atomic E-state index is 10.8. The van der Waals surface area contributed by atoms with Crippen LogP contribution in [0.3, 0.4) is 0 Å². The van der Waals surface area contributed by atoms with Crippen LogP contribution in [0.25, 0.3) is 0 Å². The Labute approximate surface area is 127 Å². The number of hydrogen-bond acceptors (Lipinski definition) is 6. The highest BCUT2D eigenvalue weighted by atomic mass is 16.5. The number of carboxylic acids is 1. The van der Waals surface area contributed by atoms with E-state index in [2.05, 4.69) is 20.3 Å². The van der Waals surface area contributed by atoms with E-state index in [1.54, 1.807) is 6.20 Å². The van der Waals surface area contributed by atoms with E-state index in [4.69, 9.17) is 9.84 Å². The van der Waals surface area contributed by atoms with Crippen LogP contribution in [0.5, 0.6) is 0 Å². The lowest BCUT2D eigenvalue weighted by molar-refractivity contribution is 0.00716. The second-order valence-electron chi connectivity index (χ2n) is 5.07. The first-order valence-corrected chi connectivity index (χ1v) is 7.07. The Morgan fingerprint density at radius 3 is 2.86 bits per heavy atom. The average molecular weight is 300 g/mol. The summed E-state index contributed by atoms with van der Waals surface area (Å²) in [6.45, 7) is 0.638. The topological polar surface area (TPSA) is 97.2 Å². The van der Waals surface area contributed by atoms with E-state index in [0.717, 1.165) is 18.5 Å². The van der Waals surface area contributed by atoms with Crippen molar-refractivity contribution in [1.29, 1.82) is 0 Å². The van der Waals surface area contributed by atoms with Gasteiger partial charge < -0.3 is 15.2 Å². The predicted molar refractivity (Wildman–Crippen MR) is 78.6 cm³/mol. The summed E-state index contributed by atoms with van der Waals surface area (Å²) in [6.07, 6.45) is 6.03. The Hall–Kier alpha value is -2.54. The van der Waals surface area contributed by atoms with Crippen LogP contribution in [0.15, 0.2) is 36.8 Å². The zero-order valence-corrected chi connectivity index (χ0v) is 11.8. The van der Waals surface area contributed by atoms with Gasteiger partial charge >= 0.3 is 5.97 Å². The van der Waals surface area contributed by atoms with E-state index >= 15 is 0 Å². The molecule has 7 heteroatoms. The van der Waals surface area contributed by atoms with Crippen molar-refractivity contribution in [2.24, 2.45) is 0 Å². The number of nitrogens with one attached hydrogen (secondary N) is 1. The quantitative estimate of drug-likeness (QED) is 0.890. The van der Waals surface area contributed by atoms with Crippen LogP contribution >= 0.6 is 0 Å². The molecular formula is C15H16N4O3. The van der Waals surface area contributed by atoms with E-state index in [1.807, 2.05) is 18.2 Å². The standard InChI is InChI=1S/C15H16N4O3/c20-15(21)12-8-18-14(9-17-12)19-10-4-6-22-13(7-10)11-3-1-2-5-16-11/h1-3,5,8-10,13H,4,6-7H2,(H,18,19)(H,20,21)/t10-,13-/m1/s1. The number of nitrogens with zero attached hydrogens (tertiary/aromatic N) is 3. The number of rotatable bonds is 4. The molecule has 2 N–H and O–H groups in total. The van der Waals surface area contributed by atoms with Gasteiger partial charge in [-0.05, 0) is 25.0 Å². The minimum absolute atomic E-state index is 0.0429. The van der Waals surface area contributed by atoms with Crippen LogP contribution in [-0.4, -0.2) is 38.7 Å². The summed E-state index contributed by atoms with van der Waals surface area (Å²) in [6, 6.07) is 5.96. The van der Waals surface area contributed by atoms with Crippen molar-refractivity contribution in [3.63, 3.8) is 0 Å². The summed E-state index contributed by atoms with van der Waals surface area (Å²) in [7, 11) is 0. The SMILES string of the molecule is O=C(O)c1cnc(N[C@@H]2CCO[C@@H](c3ccccn3)C2)cn1. The van der Waals surface area contributed by atoms with Crippen molar-refractivity contribution >= 4 is 11.8 Å². The smallest absolute Gasteiger partial charge is 0.356 e. The second kappa shape index (κ2) is 6.48. The Bertz CT molecular complexity index is 633. The molecule has 0 aliphatic carbocycles. The second-order valence-corrected chi connectivity index (χ2v) is 5.07. The third kappa shape index (κ3) is 3.37. The number of hydrogen-bond donors (Lipinski definition) is 2. The lowest BCUT2D eigenvalue weighted by atomic mass is 10.0. The molecule has 2 aromatic heterocycles. The maximum atomic E-state index is 10.8. The molecule has 7 nitrogen and oxygen atoms in total. The van der Waals surface area contributed by atoms with Crippen molar-refractivity contribution in [1.82, 2.24) is 15.0 Å². The summed E-state index contributed by atoms with van der Waals surface area (Å²) in [5.41, 5.74) is 0.852. The van der Waals surface area contributed by atoms with Crippen molar-refractivity contribution in [3.8, 4) is 0 Å². The predicted octanol–water partition coefficient (Wildman–Crippen LogP) is 1.90. The van der Waals surface area contributed by atoms with Gasteiger partial charge in [-0.2, -0.15) is 0 Å². The van der Waals surface area contributed by atoms with Gasteiger partial charge in [0.15, 0.2) is 5.69 Å². The number of aromatic nitrogens is 3. The van der Waals surface area contributed by atoms with E-state index < -0.39 is 5.97 Å². The summed E-state index contributed by atoms with van der Waals surface area (Å²) < 4.78 is 5.77. The first-order chi connectivity index (χ1) is 10.7. The molecule has 0 saturated carbocycles. The van der Waals surface area contributed by atoms with Gasteiger partial charge in [0.05, 0.1) is 18.1 Å². The van der Waals surface area contributed by atoms with E-state index in [9.17, 15) is 4.79 Å². The summed E-state index contributed by atoms with van der Waals surface area (Å²) in [5, 5.41) is 12.1. The molecule has 114 valence electrons. The summed E-state index contributed by atoms with van der Waals surface area (Å²) >= 11 is 0. The number of carbonyl (C=O) groups is 1. The first kappa shape index (κ1) is 14.4. The van der Waals surface area contributed by atoms with Gasteiger partial charge in [-0.15, -0.1) is 0 Å².